The van der Waals surface area contributed by atoms with Gasteiger partial charge in [-0.2, -0.15) is 4.31 Å². The van der Waals surface area contributed by atoms with E-state index >= 15 is 0 Å². The van der Waals surface area contributed by atoms with Gasteiger partial charge in [0, 0.05) is 31.7 Å². The minimum absolute atomic E-state index is 0.109. The molecule has 1 saturated heterocycles. The summed E-state index contributed by atoms with van der Waals surface area (Å²) in [6.07, 6.45) is 0. The maximum atomic E-state index is 13.2. The number of rotatable bonds is 6. The zero-order chi connectivity index (χ0) is 24.3. The summed E-state index contributed by atoms with van der Waals surface area (Å²) in [6.45, 7) is 8.03. The zero-order valence-electron chi connectivity index (χ0n) is 19.4. The topological polar surface area (TPSA) is 107 Å². The van der Waals surface area contributed by atoms with Gasteiger partial charge in [0.05, 0.1) is 0 Å². The van der Waals surface area contributed by atoms with E-state index in [-0.39, 0.29) is 54.6 Å². The molecule has 0 spiro atoms. The van der Waals surface area contributed by atoms with E-state index in [4.69, 9.17) is 0 Å². The van der Waals surface area contributed by atoms with Gasteiger partial charge >= 0.3 is 0 Å². The minimum atomic E-state index is -3.88. The molecule has 33 heavy (non-hydrogen) atoms. The number of carbonyl (C=O) groups is 2. The largest absolute Gasteiger partial charge is 0.507 e. The molecule has 1 aliphatic heterocycles. The summed E-state index contributed by atoms with van der Waals surface area (Å²) in [5.74, 6) is -0.991. The van der Waals surface area contributed by atoms with Crippen LogP contribution in [0, 0.1) is 19.8 Å². The molecule has 9 heteroatoms. The number of amides is 2. The van der Waals surface area contributed by atoms with Crippen LogP contribution in [0.4, 0.5) is 0 Å². The van der Waals surface area contributed by atoms with E-state index in [1.807, 2.05) is 32.9 Å². The van der Waals surface area contributed by atoms with Gasteiger partial charge in [-0.3, -0.25) is 9.59 Å². The number of carbonyl (C=O) groups excluding carboxylic acids is 2. The molecule has 8 nitrogen and oxygen atoms in total. The first-order chi connectivity index (χ1) is 15.5. The van der Waals surface area contributed by atoms with Gasteiger partial charge in [0.2, 0.25) is 15.9 Å². The molecule has 1 atom stereocenters. The van der Waals surface area contributed by atoms with Crippen molar-refractivity contribution in [2.24, 2.45) is 5.92 Å². The van der Waals surface area contributed by atoms with Gasteiger partial charge in [-0.05, 0) is 49.6 Å². The average Bonchev–Trinajstić information content (AvgIpc) is 2.78. The van der Waals surface area contributed by atoms with Gasteiger partial charge in [0.25, 0.3) is 5.91 Å². The summed E-state index contributed by atoms with van der Waals surface area (Å²) in [7, 11) is -3.88. The van der Waals surface area contributed by atoms with Gasteiger partial charge in [-0.1, -0.05) is 37.6 Å². The van der Waals surface area contributed by atoms with Crippen LogP contribution in [0.2, 0.25) is 0 Å². The Morgan fingerprint density at radius 1 is 0.939 bits per heavy atom. The van der Waals surface area contributed by atoms with Crippen molar-refractivity contribution in [1.29, 1.82) is 0 Å². The molecule has 2 amide bonds. The SMILES string of the molecule is Cc1ccc(C(=O)NC(C(=O)N2CCN(S(=O)(=O)c3cc(C)ccc3O)CC2)C(C)C)cc1. The van der Waals surface area contributed by atoms with Crippen molar-refractivity contribution in [3.63, 3.8) is 0 Å². The van der Waals surface area contributed by atoms with Gasteiger partial charge in [0.15, 0.2) is 0 Å². The van der Waals surface area contributed by atoms with Gasteiger partial charge < -0.3 is 15.3 Å². The Balaban J connectivity index is 1.68. The van der Waals surface area contributed by atoms with Crippen LogP contribution in [-0.4, -0.2) is 66.8 Å². The fraction of sp³-hybridized carbons (Fsp3) is 0.417. The number of hydrogen-bond acceptors (Lipinski definition) is 5. The third kappa shape index (κ3) is 5.54. The Morgan fingerprint density at radius 3 is 2.09 bits per heavy atom. The van der Waals surface area contributed by atoms with E-state index in [2.05, 4.69) is 5.32 Å². The number of aromatic hydroxyl groups is 1. The summed E-state index contributed by atoms with van der Waals surface area (Å²) in [5, 5.41) is 12.9. The molecule has 0 bridgehead atoms. The van der Waals surface area contributed by atoms with Crippen LogP contribution in [0.15, 0.2) is 47.4 Å². The molecule has 2 aromatic carbocycles. The maximum absolute atomic E-state index is 13.2. The highest BCUT2D eigenvalue weighted by atomic mass is 32.2. The number of sulfonamides is 1. The van der Waals surface area contributed by atoms with Crippen LogP contribution in [-0.2, 0) is 14.8 Å². The number of benzene rings is 2. The minimum Gasteiger partial charge on any atom is -0.507 e. The summed E-state index contributed by atoms with van der Waals surface area (Å²) < 4.78 is 27.3. The van der Waals surface area contributed by atoms with Crippen LogP contribution >= 0.6 is 0 Å². The number of hydrogen-bond donors (Lipinski definition) is 2. The molecule has 1 heterocycles. The van der Waals surface area contributed by atoms with Crippen LogP contribution in [0.1, 0.15) is 35.3 Å². The Kier molecular flexibility index (Phi) is 7.44. The van der Waals surface area contributed by atoms with Gasteiger partial charge in [-0.15, -0.1) is 0 Å². The lowest BCUT2D eigenvalue weighted by Gasteiger charge is -2.36. The lowest BCUT2D eigenvalue weighted by atomic mass is 10.0. The number of nitrogens with zero attached hydrogens (tertiary/aromatic N) is 2. The standard InChI is InChI=1S/C24H31N3O5S/c1-16(2)22(25-23(29)19-8-5-17(3)6-9-19)24(30)26-11-13-27(14-12-26)33(31,32)21-15-18(4)7-10-20(21)28/h5-10,15-16,22,28H,11-14H2,1-4H3,(H,25,29). The lowest BCUT2D eigenvalue weighted by Crippen LogP contribution is -2.57. The molecular weight excluding hydrogens is 442 g/mol. The van der Waals surface area contributed by atoms with Crippen molar-refractivity contribution < 1.29 is 23.1 Å². The number of piperazine rings is 1. The first kappa shape index (κ1) is 24.7. The fourth-order valence-electron chi connectivity index (χ4n) is 3.76. The van der Waals surface area contributed by atoms with E-state index in [0.29, 0.717) is 5.56 Å². The summed E-state index contributed by atoms with van der Waals surface area (Å²) >= 11 is 0. The predicted molar refractivity (Wildman–Crippen MR) is 125 cm³/mol. The van der Waals surface area contributed by atoms with E-state index in [0.717, 1.165) is 11.1 Å². The molecule has 0 aromatic heterocycles. The number of phenolic OH excluding ortho intramolecular Hbond substituents is 1. The Hall–Kier alpha value is -2.91. The van der Waals surface area contributed by atoms with E-state index in [1.165, 1.54) is 16.4 Å². The first-order valence-corrected chi connectivity index (χ1v) is 12.4. The molecule has 3 rings (SSSR count). The Bertz CT molecular complexity index is 1120. The number of phenols is 1. The summed E-state index contributed by atoms with van der Waals surface area (Å²) in [6, 6.07) is 10.8. The predicted octanol–water partition coefficient (Wildman–Crippen LogP) is 2.30. The second kappa shape index (κ2) is 9.93. The van der Waals surface area contributed by atoms with Crippen molar-refractivity contribution in [3.8, 4) is 5.75 Å². The van der Waals surface area contributed by atoms with Crippen molar-refractivity contribution in [2.75, 3.05) is 26.2 Å². The lowest BCUT2D eigenvalue weighted by molar-refractivity contribution is -0.135. The normalized spacial score (nSPS) is 16.0. The summed E-state index contributed by atoms with van der Waals surface area (Å²) in [5.41, 5.74) is 2.24. The second-order valence-electron chi connectivity index (χ2n) is 8.76. The third-order valence-corrected chi connectivity index (χ3v) is 7.74. The maximum Gasteiger partial charge on any atom is 0.251 e. The molecule has 1 aliphatic rings. The monoisotopic (exact) mass is 473 g/mol. The van der Waals surface area contributed by atoms with Crippen LogP contribution in [0.25, 0.3) is 0 Å². The Morgan fingerprint density at radius 2 is 1.52 bits per heavy atom. The van der Waals surface area contributed by atoms with Crippen molar-refractivity contribution in [2.45, 2.75) is 38.6 Å². The fourth-order valence-corrected chi connectivity index (χ4v) is 5.34. The molecule has 2 aromatic rings. The van der Waals surface area contributed by atoms with E-state index < -0.39 is 16.1 Å². The number of aryl methyl sites for hydroxylation is 2. The molecular formula is C24H31N3O5S. The molecule has 1 fully saturated rings. The highest BCUT2D eigenvalue weighted by molar-refractivity contribution is 7.89. The van der Waals surface area contributed by atoms with Crippen LogP contribution < -0.4 is 5.32 Å². The number of nitrogens with one attached hydrogen (secondary N) is 1. The Labute approximate surface area is 195 Å². The molecule has 1 unspecified atom stereocenters. The van der Waals surface area contributed by atoms with Crippen LogP contribution in [0.5, 0.6) is 5.75 Å². The van der Waals surface area contributed by atoms with E-state index in [9.17, 15) is 23.1 Å². The average molecular weight is 474 g/mol. The van der Waals surface area contributed by atoms with Gasteiger partial charge in [0.1, 0.15) is 16.7 Å². The molecule has 0 radical (unpaired) electrons. The van der Waals surface area contributed by atoms with Gasteiger partial charge in [-0.25, -0.2) is 8.42 Å². The first-order valence-electron chi connectivity index (χ1n) is 11.0. The van der Waals surface area contributed by atoms with Crippen molar-refractivity contribution >= 4 is 21.8 Å². The third-order valence-electron chi connectivity index (χ3n) is 5.82. The molecule has 2 N–H and O–H groups in total. The van der Waals surface area contributed by atoms with Crippen molar-refractivity contribution in [3.05, 3.63) is 59.2 Å². The molecule has 178 valence electrons. The highest BCUT2D eigenvalue weighted by Gasteiger charge is 2.35. The summed E-state index contributed by atoms with van der Waals surface area (Å²) in [4.78, 5) is 27.3. The molecule has 0 saturated carbocycles. The van der Waals surface area contributed by atoms with Crippen molar-refractivity contribution in [1.82, 2.24) is 14.5 Å². The second-order valence-corrected chi connectivity index (χ2v) is 10.7. The highest BCUT2D eigenvalue weighted by Crippen LogP contribution is 2.27. The van der Waals surface area contributed by atoms with E-state index in [1.54, 1.807) is 30.0 Å². The molecule has 0 aliphatic carbocycles. The smallest absolute Gasteiger partial charge is 0.251 e. The van der Waals surface area contributed by atoms with Crippen LogP contribution in [0.3, 0.4) is 0 Å². The zero-order valence-corrected chi connectivity index (χ0v) is 20.2. The quantitative estimate of drug-likeness (QED) is 0.670.